The van der Waals surface area contributed by atoms with Crippen LogP contribution >= 0.6 is 0 Å². The Kier molecular flexibility index (Phi) is 6.09. The topological polar surface area (TPSA) is 4.93 Å². The van der Waals surface area contributed by atoms with Gasteiger partial charge in [0.15, 0.2) is 0 Å². The molecule has 0 spiro atoms. The summed E-state index contributed by atoms with van der Waals surface area (Å²) in [5.74, 6) is 0. The second-order valence-corrected chi connectivity index (χ2v) is 11.3. The average molecular weight is 528 g/mol. The molecule has 0 aliphatic heterocycles. The minimum absolute atomic E-state index is 1.17. The SMILES string of the molecule is Cc1ccc(-c2ccc3c(c2)c2cc(-c4ccc(C)cc4C)ccc2n3-c2ccc(-c3ccccc3)cc2)c(C)c1. The van der Waals surface area contributed by atoms with Crippen LogP contribution in [0.4, 0.5) is 0 Å². The minimum Gasteiger partial charge on any atom is -0.309 e. The van der Waals surface area contributed by atoms with Gasteiger partial charge in [0.05, 0.1) is 11.0 Å². The quantitative estimate of drug-likeness (QED) is 0.214. The van der Waals surface area contributed by atoms with Crippen molar-refractivity contribution in [3.63, 3.8) is 0 Å². The van der Waals surface area contributed by atoms with E-state index in [2.05, 4.69) is 160 Å². The van der Waals surface area contributed by atoms with E-state index in [4.69, 9.17) is 0 Å². The summed E-state index contributed by atoms with van der Waals surface area (Å²) in [5, 5.41) is 2.55. The van der Waals surface area contributed by atoms with Crippen LogP contribution < -0.4 is 0 Å². The number of hydrogen-bond acceptors (Lipinski definition) is 0. The first-order valence-electron chi connectivity index (χ1n) is 14.4. The molecular formula is C40H33N. The molecule has 0 bridgehead atoms. The van der Waals surface area contributed by atoms with Gasteiger partial charge in [0.2, 0.25) is 0 Å². The highest BCUT2D eigenvalue weighted by molar-refractivity contribution is 6.11. The summed E-state index contributed by atoms with van der Waals surface area (Å²) in [7, 11) is 0. The largest absolute Gasteiger partial charge is 0.309 e. The van der Waals surface area contributed by atoms with Gasteiger partial charge in [-0.3, -0.25) is 0 Å². The number of nitrogens with zero attached hydrogens (tertiary/aromatic N) is 1. The molecule has 6 aromatic carbocycles. The van der Waals surface area contributed by atoms with Crippen LogP contribution in [0.5, 0.6) is 0 Å². The van der Waals surface area contributed by atoms with Crippen molar-refractivity contribution in [1.29, 1.82) is 0 Å². The van der Waals surface area contributed by atoms with E-state index >= 15 is 0 Å². The van der Waals surface area contributed by atoms with Crippen LogP contribution in [0.2, 0.25) is 0 Å². The Hall–Kier alpha value is -4.88. The molecule has 0 aliphatic rings. The molecule has 0 fully saturated rings. The number of fused-ring (bicyclic) bond motifs is 3. The van der Waals surface area contributed by atoms with E-state index in [1.165, 1.54) is 83.1 Å². The van der Waals surface area contributed by atoms with E-state index in [0.717, 1.165) is 0 Å². The third kappa shape index (κ3) is 4.44. The molecule has 0 aliphatic carbocycles. The van der Waals surface area contributed by atoms with Gasteiger partial charge < -0.3 is 4.57 Å². The minimum atomic E-state index is 1.17. The lowest BCUT2D eigenvalue weighted by Gasteiger charge is -2.11. The van der Waals surface area contributed by atoms with Crippen molar-refractivity contribution in [2.75, 3.05) is 0 Å². The number of aromatic nitrogens is 1. The van der Waals surface area contributed by atoms with Gasteiger partial charge in [-0.05, 0) is 109 Å². The van der Waals surface area contributed by atoms with Crippen molar-refractivity contribution < 1.29 is 0 Å². The Morgan fingerprint density at radius 1 is 0.390 bits per heavy atom. The van der Waals surface area contributed by atoms with Gasteiger partial charge in [0, 0.05) is 16.5 Å². The zero-order valence-corrected chi connectivity index (χ0v) is 24.1. The second kappa shape index (κ2) is 9.94. The first kappa shape index (κ1) is 25.1. The number of aryl methyl sites for hydroxylation is 4. The van der Waals surface area contributed by atoms with E-state index in [9.17, 15) is 0 Å². The predicted molar refractivity (Wildman–Crippen MR) is 176 cm³/mol. The molecule has 0 N–H and O–H groups in total. The Bertz CT molecular complexity index is 1950. The monoisotopic (exact) mass is 527 g/mol. The summed E-state index contributed by atoms with van der Waals surface area (Å²) in [6, 6.07) is 46.9. The highest BCUT2D eigenvalue weighted by Crippen LogP contribution is 2.38. The van der Waals surface area contributed by atoms with E-state index in [1.807, 2.05) is 0 Å². The van der Waals surface area contributed by atoms with Gasteiger partial charge in [0.1, 0.15) is 0 Å². The van der Waals surface area contributed by atoms with Crippen LogP contribution in [0.1, 0.15) is 22.3 Å². The summed E-state index contributed by atoms with van der Waals surface area (Å²) < 4.78 is 2.41. The zero-order valence-electron chi connectivity index (χ0n) is 24.1. The van der Waals surface area contributed by atoms with Crippen molar-refractivity contribution in [3.05, 3.63) is 150 Å². The predicted octanol–water partition coefficient (Wildman–Crippen LogP) is 11.0. The number of hydrogen-bond donors (Lipinski definition) is 0. The number of benzene rings is 6. The fraction of sp³-hybridized carbons (Fsp3) is 0.100. The summed E-state index contributed by atoms with van der Waals surface area (Å²) in [6.07, 6.45) is 0. The smallest absolute Gasteiger partial charge is 0.0541 e. The molecule has 7 aromatic rings. The molecule has 0 saturated heterocycles. The normalized spacial score (nSPS) is 11.4. The Labute approximate surface area is 242 Å². The summed E-state index contributed by atoms with van der Waals surface area (Å²) >= 11 is 0. The molecule has 1 nitrogen and oxygen atoms in total. The Balaban J connectivity index is 1.46. The lowest BCUT2D eigenvalue weighted by molar-refractivity contribution is 1.18. The highest BCUT2D eigenvalue weighted by atomic mass is 15.0. The van der Waals surface area contributed by atoms with Crippen molar-refractivity contribution >= 4 is 21.8 Å². The molecule has 0 saturated carbocycles. The molecule has 1 aromatic heterocycles. The van der Waals surface area contributed by atoms with E-state index in [1.54, 1.807) is 0 Å². The molecule has 198 valence electrons. The van der Waals surface area contributed by atoms with Gasteiger partial charge in [-0.2, -0.15) is 0 Å². The third-order valence-corrected chi connectivity index (χ3v) is 8.38. The lowest BCUT2D eigenvalue weighted by Crippen LogP contribution is -1.94. The Morgan fingerprint density at radius 2 is 0.854 bits per heavy atom. The van der Waals surface area contributed by atoms with Crippen LogP contribution in [0, 0.1) is 27.7 Å². The molecule has 0 amide bonds. The molecule has 0 radical (unpaired) electrons. The van der Waals surface area contributed by atoms with Gasteiger partial charge in [-0.1, -0.05) is 102 Å². The average Bonchev–Trinajstić information content (AvgIpc) is 3.31. The molecule has 0 unspecified atom stereocenters. The van der Waals surface area contributed by atoms with E-state index < -0.39 is 0 Å². The van der Waals surface area contributed by atoms with Gasteiger partial charge >= 0.3 is 0 Å². The molecule has 0 atom stereocenters. The highest BCUT2D eigenvalue weighted by Gasteiger charge is 2.16. The summed E-state index contributed by atoms with van der Waals surface area (Å²) in [5.41, 5.74) is 16.4. The van der Waals surface area contributed by atoms with Crippen molar-refractivity contribution in [3.8, 4) is 39.1 Å². The van der Waals surface area contributed by atoms with Crippen molar-refractivity contribution in [2.24, 2.45) is 0 Å². The molecular weight excluding hydrogens is 494 g/mol. The second-order valence-electron chi connectivity index (χ2n) is 11.3. The van der Waals surface area contributed by atoms with Crippen LogP contribution in [0.3, 0.4) is 0 Å². The zero-order chi connectivity index (χ0) is 28.1. The van der Waals surface area contributed by atoms with E-state index in [0.29, 0.717) is 0 Å². The van der Waals surface area contributed by atoms with Crippen molar-refractivity contribution in [2.45, 2.75) is 27.7 Å². The van der Waals surface area contributed by atoms with Gasteiger partial charge in [-0.15, -0.1) is 0 Å². The molecule has 41 heavy (non-hydrogen) atoms. The fourth-order valence-electron chi connectivity index (χ4n) is 6.35. The Morgan fingerprint density at radius 3 is 1.34 bits per heavy atom. The standard InChI is InChI=1S/C40H33N/c1-26-10-18-35(28(3)22-26)32-14-20-39-37(24-32)38-25-33(36-19-11-27(2)23-29(36)4)15-21-40(38)41(39)34-16-12-31(13-17-34)30-8-6-5-7-9-30/h5-25H,1-4H3. The summed E-state index contributed by atoms with van der Waals surface area (Å²) in [6.45, 7) is 8.74. The third-order valence-electron chi connectivity index (χ3n) is 8.38. The van der Waals surface area contributed by atoms with Crippen molar-refractivity contribution in [1.82, 2.24) is 4.57 Å². The molecule has 7 rings (SSSR count). The maximum atomic E-state index is 2.41. The fourth-order valence-corrected chi connectivity index (χ4v) is 6.35. The van der Waals surface area contributed by atoms with E-state index in [-0.39, 0.29) is 0 Å². The lowest BCUT2D eigenvalue weighted by atomic mass is 9.95. The first-order chi connectivity index (χ1) is 20.0. The number of rotatable bonds is 4. The molecule has 1 heteroatoms. The van der Waals surface area contributed by atoms with Crippen LogP contribution in [0.15, 0.2) is 127 Å². The van der Waals surface area contributed by atoms with Crippen LogP contribution in [-0.2, 0) is 0 Å². The van der Waals surface area contributed by atoms with Crippen LogP contribution in [-0.4, -0.2) is 4.57 Å². The first-order valence-corrected chi connectivity index (χ1v) is 14.4. The maximum absolute atomic E-state index is 2.41. The van der Waals surface area contributed by atoms with Gasteiger partial charge in [-0.25, -0.2) is 0 Å². The van der Waals surface area contributed by atoms with Crippen LogP contribution in [0.25, 0.3) is 60.9 Å². The van der Waals surface area contributed by atoms with Gasteiger partial charge in [0.25, 0.3) is 0 Å². The summed E-state index contributed by atoms with van der Waals surface area (Å²) in [4.78, 5) is 0. The molecule has 1 heterocycles. The maximum Gasteiger partial charge on any atom is 0.0541 e.